The van der Waals surface area contributed by atoms with Crippen LogP contribution in [0.4, 0.5) is 5.69 Å². The van der Waals surface area contributed by atoms with Crippen LogP contribution in [0.3, 0.4) is 0 Å². The number of carbonyl (C=O) groups excluding carboxylic acids is 1. The fourth-order valence-electron chi connectivity index (χ4n) is 1.39. The summed E-state index contributed by atoms with van der Waals surface area (Å²) in [6.07, 6.45) is 0. The van der Waals surface area contributed by atoms with Crippen LogP contribution in [0.1, 0.15) is 0 Å². The molecule has 1 aliphatic rings. The molecule has 1 atom stereocenters. The van der Waals surface area contributed by atoms with E-state index in [-0.39, 0.29) is 17.5 Å². The zero-order chi connectivity index (χ0) is 11.0. The zero-order valence-corrected chi connectivity index (χ0v) is 9.90. The van der Waals surface area contributed by atoms with E-state index in [9.17, 15) is 9.00 Å². The Morgan fingerprint density at radius 1 is 1.20 bits per heavy atom. The molecule has 1 amide bonds. The van der Waals surface area contributed by atoms with Gasteiger partial charge in [0.15, 0.2) is 0 Å². The highest BCUT2D eigenvalue weighted by atomic mass is 35.5. The summed E-state index contributed by atoms with van der Waals surface area (Å²) >= 11 is 11.6. The summed E-state index contributed by atoms with van der Waals surface area (Å²) in [5.74, 6) is 0.131. The minimum absolute atomic E-state index is 0.0735. The van der Waals surface area contributed by atoms with Crippen LogP contribution in [0, 0.1) is 0 Å². The van der Waals surface area contributed by atoms with E-state index in [1.54, 1.807) is 18.2 Å². The molecule has 1 aromatic carbocycles. The van der Waals surface area contributed by atoms with E-state index in [1.165, 1.54) is 4.90 Å². The fraction of sp³-hybridized carbons (Fsp3) is 0.222. The highest BCUT2D eigenvalue weighted by Gasteiger charge is 2.27. The number of carbonyl (C=O) groups is 1. The average Bonchev–Trinajstić information content (AvgIpc) is 2.43. The molecule has 0 saturated carbocycles. The summed E-state index contributed by atoms with van der Waals surface area (Å²) in [6.45, 7) is 0. The van der Waals surface area contributed by atoms with Gasteiger partial charge in [-0.2, -0.15) is 0 Å². The fourth-order valence-corrected chi connectivity index (χ4v) is 3.01. The summed E-state index contributed by atoms with van der Waals surface area (Å²) in [7, 11) is -1.11. The maximum atomic E-state index is 11.5. The number of halogens is 2. The van der Waals surface area contributed by atoms with Gasteiger partial charge in [-0.3, -0.25) is 13.9 Å². The van der Waals surface area contributed by atoms with Crippen molar-refractivity contribution in [2.75, 3.05) is 16.5 Å². The number of rotatable bonds is 1. The van der Waals surface area contributed by atoms with Gasteiger partial charge in [-0.15, -0.1) is 0 Å². The third-order valence-corrected chi connectivity index (χ3v) is 3.57. The minimum Gasteiger partial charge on any atom is -0.299 e. The molecule has 1 saturated heterocycles. The Bertz CT molecular complexity index is 429. The lowest BCUT2D eigenvalue weighted by atomic mass is 10.3. The molecule has 0 N–H and O–H groups in total. The second-order valence-electron chi connectivity index (χ2n) is 3.16. The molecule has 80 valence electrons. The average molecular weight is 264 g/mol. The maximum absolute atomic E-state index is 11.5. The van der Waals surface area contributed by atoms with Crippen molar-refractivity contribution in [3.8, 4) is 0 Å². The Hall–Kier alpha value is -0.580. The van der Waals surface area contributed by atoms with Gasteiger partial charge < -0.3 is 0 Å². The van der Waals surface area contributed by atoms with Gasteiger partial charge in [0.05, 0.1) is 10.8 Å². The lowest BCUT2D eigenvalue weighted by Crippen LogP contribution is -2.24. The number of nitrogens with zero attached hydrogens (tertiary/aromatic N) is 1. The number of anilines is 1. The van der Waals surface area contributed by atoms with Crippen molar-refractivity contribution >= 4 is 45.6 Å². The van der Waals surface area contributed by atoms with E-state index in [1.807, 2.05) is 0 Å². The molecule has 6 heteroatoms. The Labute approximate surface area is 99.4 Å². The minimum atomic E-state index is -1.11. The van der Waals surface area contributed by atoms with Crippen LogP contribution in [-0.4, -0.2) is 21.7 Å². The summed E-state index contributed by atoms with van der Waals surface area (Å²) < 4.78 is 11.2. The number of amides is 1. The maximum Gasteiger partial charge on any atom is 0.240 e. The van der Waals surface area contributed by atoms with Crippen LogP contribution in [0.2, 0.25) is 10.0 Å². The molecular formula is C9H7Cl2NO2S. The molecule has 0 aliphatic carbocycles. The van der Waals surface area contributed by atoms with E-state index >= 15 is 0 Å². The second kappa shape index (κ2) is 4.12. The molecule has 2 rings (SSSR count). The first kappa shape index (κ1) is 10.9. The second-order valence-corrected chi connectivity index (χ2v) is 5.46. The highest BCUT2D eigenvalue weighted by Crippen LogP contribution is 2.27. The highest BCUT2D eigenvalue weighted by molar-refractivity contribution is 7.86. The zero-order valence-electron chi connectivity index (χ0n) is 7.57. The van der Waals surface area contributed by atoms with Crippen LogP contribution >= 0.6 is 23.2 Å². The van der Waals surface area contributed by atoms with Crippen molar-refractivity contribution in [1.29, 1.82) is 0 Å². The molecular weight excluding hydrogens is 257 g/mol. The molecule has 0 radical (unpaired) electrons. The van der Waals surface area contributed by atoms with Crippen LogP contribution in [0.5, 0.6) is 0 Å². The molecule has 1 heterocycles. The van der Waals surface area contributed by atoms with Crippen LogP contribution in [-0.2, 0) is 15.6 Å². The predicted octanol–water partition coefficient (Wildman–Crippen LogP) is 2.05. The quantitative estimate of drug-likeness (QED) is 0.778. The summed E-state index contributed by atoms with van der Waals surface area (Å²) in [4.78, 5) is 12.9. The Kier molecular flexibility index (Phi) is 3.00. The SMILES string of the molecule is O=C1CS(=O)CN1c1cc(Cl)cc(Cl)c1. The van der Waals surface area contributed by atoms with Crippen molar-refractivity contribution in [1.82, 2.24) is 0 Å². The van der Waals surface area contributed by atoms with Crippen molar-refractivity contribution in [2.45, 2.75) is 0 Å². The topological polar surface area (TPSA) is 37.4 Å². The van der Waals surface area contributed by atoms with E-state index in [2.05, 4.69) is 0 Å². The third-order valence-electron chi connectivity index (χ3n) is 2.02. The number of benzene rings is 1. The summed E-state index contributed by atoms with van der Waals surface area (Å²) in [5, 5.41) is 0.922. The van der Waals surface area contributed by atoms with Crippen molar-refractivity contribution in [3.05, 3.63) is 28.2 Å². The Morgan fingerprint density at radius 2 is 1.80 bits per heavy atom. The van der Waals surface area contributed by atoms with Gasteiger partial charge >= 0.3 is 0 Å². The molecule has 3 nitrogen and oxygen atoms in total. The molecule has 15 heavy (non-hydrogen) atoms. The Morgan fingerprint density at radius 3 is 2.27 bits per heavy atom. The molecule has 0 aromatic heterocycles. The number of hydrogen-bond acceptors (Lipinski definition) is 2. The van der Waals surface area contributed by atoms with Gasteiger partial charge in [0.1, 0.15) is 11.6 Å². The first-order chi connectivity index (χ1) is 7.06. The van der Waals surface area contributed by atoms with Gasteiger partial charge in [-0.05, 0) is 18.2 Å². The smallest absolute Gasteiger partial charge is 0.240 e. The largest absolute Gasteiger partial charge is 0.299 e. The molecule has 1 aliphatic heterocycles. The van der Waals surface area contributed by atoms with E-state index < -0.39 is 10.8 Å². The summed E-state index contributed by atoms with van der Waals surface area (Å²) in [5.41, 5.74) is 0.600. The molecule has 0 bridgehead atoms. The monoisotopic (exact) mass is 263 g/mol. The van der Waals surface area contributed by atoms with Crippen molar-refractivity contribution in [2.24, 2.45) is 0 Å². The third kappa shape index (κ3) is 2.33. The van der Waals surface area contributed by atoms with E-state index in [0.717, 1.165) is 0 Å². The first-order valence-electron chi connectivity index (χ1n) is 4.18. The van der Waals surface area contributed by atoms with Gasteiger partial charge in [0.25, 0.3) is 0 Å². The lowest BCUT2D eigenvalue weighted by molar-refractivity contribution is -0.115. The van der Waals surface area contributed by atoms with Gasteiger partial charge in [0, 0.05) is 15.7 Å². The molecule has 1 aromatic rings. The standard InChI is InChI=1S/C9H7Cl2NO2S/c10-6-1-7(11)3-8(2-6)12-5-15(14)4-9(12)13/h1-3H,4-5H2. The normalized spacial score (nSPS) is 21.1. The van der Waals surface area contributed by atoms with E-state index in [4.69, 9.17) is 23.2 Å². The lowest BCUT2D eigenvalue weighted by Gasteiger charge is -2.14. The molecule has 1 unspecified atom stereocenters. The van der Waals surface area contributed by atoms with E-state index in [0.29, 0.717) is 15.7 Å². The van der Waals surface area contributed by atoms with Gasteiger partial charge in [-0.25, -0.2) is 0 Å². The molecule has 1 fully saturated rings. The number of hydrogen-bond donors (Lipinski definition) is 0. The van der Waals surface area contributed by atoms with Gasteiger partial charge in [-0.1, -0.05) is 23.2 Å². The molecule has 0 spiro atoms. The summed E-state index contributed by atoms with van der Waals surface area (Å²) in [6, 6.07) is 4.85. The van der Waals surface area contributed by atoms with Crippen LogP contribution in [0.15, 0.2) is 18.2 Å². The first-order valence-corrected chi connectivity index (χ1v) is 6.42. The van der Waals surface area contributed by atoms with Crippen LogP contribution in [0.25, 0.3) is 0 Å². The van der Waals surface area contributed by atoms with Crippen molar-refractivity contribution in [3.63, 3.8) is 0 Å². The Balaban J connectivity index is 2.37. The van der Waals surface area contributed by atoms with Crippen molar-refractivity contribution < 1.29 is 9.00 Å². The van der Waals surface area contributed by atoms with Gasteiger partial charge in [0.2, 0.25) is 5.91 Å². The van der Waals surface area contributed by atoms with Crippen LogP contribution < -0.4 is 4.90 Å². The predicted molar refractivity (Wildman–Crippen MR) is 61.8 cm³/mol.